The van der Waals surface area contributed by atoms with Gasteiger partial charge in [0.1, 0.15) is 12.4 Å². The lowest BCUT2D eigenvalue weighted by Gasteiger charge is -2.18. The fourth-order valence-corrected chi connectivity index (χ4v) is 2.07. The average Bonchev–Trinajstić information content (AvgIpc) is 2.29. The topological polar surface area (TPSA) is 26.3 Å². The summed E-state index contributed by atoms with van der Waals surface area (Å²) in [5.74, 6) is 0.482. The van der Waals surface area contributed by atoms with E-state index in [-0.39, 0.29) is 12.4 Å². The lowest BCUT2D eigenvalue weighted by atomic mass is 10.0. The highest BCUT2D eigenvalue weighted by atomic mass is 35.7. The summed E-state index contributed by atoms with van der Waals surface area (Å²) in [5.41, 5.74) is 2.23. The van der Waals surface area contributed by atoms with Crippen LogP contribution in [0.25, 0.3) is 0 Å². The van der Waals surface area contributed by atoms with Gasteiger partial charge in [-0.25, -0.2) is 0 Å². The molecule has 0 fully saturated rings. The highest BCUT2D eigenvalue weighted by molar-refractivity contribution is 8.21. The normalized spacial score (nSPS) is 17.5. The van der Waals surface area contributed by atoms with Crippen molar-refractivity contribution >= 4 is 39.0 Å². The van der Waals surface area contributed by atoms with E-state index in [1.807, 2.05) is 0 Å². The van der Waals surface area contributed by atoms with Crippen molar-refractivity contribution in [2.45, 2.75) is 4.90 Å². The first-order chi connectivity index (χ1) is 7.26. The number of fused-ring (bicyclic) bond motifs is 1. The molecule has 1 aliphatic heterocycles. The second kappa shape index (κ2) is 4.47. The van der Waals surface area contributed by atoms with Crippen LogP contribution in [0.5, 0.6) is 5.75 Å². The Morgan fingerprint density at radius 3 is 2.93 bits per heavy atom. The lowest BCUT2D eigenvalue weighted by molar-refractivity contribution is 0.0999. The van der Waals surface area contributed by atoms with Gasteiger partial charge in [0.25, 0.3) is 0 Å². The van der Waals surface area contributed by atoms with Gasteiger partial charge in [-0.15, -0.1) is 0 Å². The van der Waals surface area contributed by atoms with Crippen molar-refractivity contribution in [2.24, 2.45) is 0 Å². The zero-order chi connectivity index (χ0) is 10.8. The number of ketones is 1. The molecule has 78 valence electrons. The van der Waals surface area contributed by atoms with E-state index in [0.717, 1.165) is 15.9 Å². The van der Waals surface area contributed by atoms with Crippen LogP contribution in [0.3, 0.4) is 0 Å². The van der Waals surface area contributed by atoms with Crippen molar-refractivity contribution in [3.8, 4) is 5.75 Å². The van der Waals surface area contributed by atoms with Crippen molar-refractivity contribution in [3.63, 3.8) is 0 Å². The second-order valence-electron chi connectivity index (χ2n) is 2.99. The number of hydrogen-bond donors (Lipinski definition) is 0. The van der Waals surface area contributed by atoms with Crippen molar-refractivity contribution < 1.29 is 9.53 Å². The van der Waals surface area contributed by atoms with Crippen LogP contribution in [0.2, 0.25) is 0 Å². The largest absolute Gasteiger partial charge is 0.488 e. The molecule has 2 rings (SSSR count). The molecule has 0 bridgehead atoms. The zero-order valence-corrected chi connectivity index (χ0v) is 9.83. The standard InChI is InChI=1S/C10H6Cl2O2S/c11-4-6-5-14-9-2-1-7(15-12)3-8(9)10(6)13/h1-4H,5H2/b6-4-. The number of hydrogen-bond acceptors (Lipinski definition) is 3. The molecule has 0 saturated carbocycles. The molecule has 5 heteroatoms. The third-order valence-electron chi connectivity index (χ3n) is 2.09. The minimum atomic E-state index is -0.0983. The summed E-state index contributed by atoms with van der Waals surface area (Å²) in [7, 11) is 6.68. The summed E-state index contributed by atoms with van der Waals surface area (Å²) >= 11 is 5.52. The molecule has 0 saturated heterocycles. The van der Waals surface area contributed by atoms with Crippen LogP contribution in [-0.2, 0) is 0 Å². The van der Waals surface area contributed by atoms with Gasteiger partial charge in [-0.3, -0.25) is 4.79 Å². The summed E-state index contributed by atoms with van der Waals surface area (Å²) in [5, 5.41) is 0. The van der Waals surface area contributed by atoms with Gasteiger partial charge >= 0.3 is 0 Å². The molecule has 0 radical (unpaired) electrons. The summed E-state index contributed by atoms with van der Waals surface area (Å²) < 4.78 is 5.37. The summed E-state index contributed by atoms with van der Waals surface area (Å²) in [6.45, 7) is 0.225. The Kier molecular flexibility index (Phi) is 3.24. The number of carbonyl (C=O) groups excluding carboxylic acids is 1. The molecular formula is C10H6Cl2O2S. The minimum absolute atomic E-state index is 0.0983. The number of Topliss-reactive ketones (excluding diaryl/α,β-unsaturated/α-hetero) is 1. The Bertz CT molecular complexity index is 443. The van der Waals surface area contributed by atoms with Gasteiger partial charge in [0.15, 0.2) is 5.78 Å². The first-order valence-electron chi connectivity index (χ1n) is 4.15. The average molecular weight is 261 g/mol. The van der Waals surface area contributed by atoms with Gasteiger partial charge < -0.3 is 4.74 Å². The van der Waals surface area contributed by atoms with Gasteiger partial charge in [0, 0.05) is 16.0 Å². The zero-order valence-electron chi connectivity index (χ0n) is 7.50. The number of ether oxygens (including phenoxy) is 1. The molecule has 1 aliphatic rings. The SMILES string of the molecule is O=C1/C(=C\Cl)COc2ccc(SCl)cc21. The molecule has 0 N–H and O–H groups in total. The lowest BCUT2D eigenvalue weighted by Crippen LogP contribution is -2.18. The van der Waals surface area contributed by atoms with Crippen LogP contribution in [0.4, 0.5) is 0 Å². The van der Waals surface area contributed by atoms with Crippen molar-refractivity contribution in [2.75, 3.05) is 6.61 Å². The van der Waals surface area contributed by atoms with Crippen molar-refractivity contribution in [1.82, 2.24) is 0 Å². The summed E-state index contributed by atoms with van der Waals surface area (Å²) in [6.07, 6.45) is 0. The molecule has 0 spiro atoms. The van der Waals surface area contributed by atoms with E-state index in [1.54, 1.807) is 18.2 Å². The quantitative estimate of drug-likeness (QED) is 0.722. The monoisotopic (exact) mass is 260 g/mol. The van der Waals surface area contributed by atoms with Crippen LogP contribution in [0.1, 0.15) is 10.4 Å². The Balaban J connectivity index is 2.49. The van der Waals surface area contributed by atoms with Gasteiger partial charge in [0.05, 0.1) is 5.56 Å². The molecule has 0 aromatic heterocycles. The van der Waals surface area contributed by atoms with E-state index in [2.05, 4.69) is 0 Å². The van der Waals surface area contributed by atoms with E-state index in [0.29, 0.717) is 16.9 Å². The minimum Gasteiger partial charge on any atom is -0.488 e. The molecule has 0 aliphatic carbocycles. The Hall–Kier alpha value is -0.640. The number of halogens is 2. The molecule has 2 nitrogen and oxygen atoms in total. The first kappa shape index (κ1) is 10.9. The second-order valence-corrected chi connectivity index (χ2v) is 4.29. The third-order valence-corrected chi connectivity index (χ3v) is 3.32. The molecule has 1 heterocycles. The van der Waals surface area contributed by atoms with Gasteiger partial charge in [-0.2, -0.15) is 0 Å². The van der Waals surface area contributed by atoms with E-state index in [9.17, 15) is 4.79 Å². The van der Waals surface area contributed by atoms with Crippen molar-refractivity contribution in [3.05, 3.63) is 34.9 Å². The maximum Gasteiger partial charge on any atom is 0.197 e. The Morgan fingerprint density at radius 2 is 2.27 bits per heavy atom. The predicted octanol–water partition coefficient (Wildman–Crippen LogP) is 3.63. The van der Waals surface area contributed by atoms with Crippen molar-refractivity contribution in [1.29, 1.82) is 0 Å². The fraction of sp³-hybridized carbons (Fsp3) is 0.100. The third kappa shape index (κ3) is 2.00. The van der Waals surface area contributed by atoms with E-state index >= 15 is 0 Å². The molecule has 1 aromatic carbocycles. The number of benzene rings is 1. The molecular weight excluding hydrogens is 255 g/mol. The van der Waals surface area contributed by atoms with E-state index < -0.39 is 0 Å². The van der Waals surface area contributed by atoms with Crippen LogP contribution in [0.15, 0.2) is 34.2 Å². The highest BCUT2D eigenvalue weighted by Crippen LogP contribution is 2.32. The molecule has 0 atom stereocenters. The molecule has 15 heavy (non-hydrogen) atoms. The molecule has 0 amide bonds. The molecule has 0 unspecified atom stereocenters. The van der Waals surface area contributed by atoms with E-state index in [1.165, 1.54) is 5.54 Å². The maximum atomic E-state index is 11.8. The predicted molar refractivity (Wildman–Crippen MR) is 61.9 cm³/mol. The maximum absolute atomic E-state index is 11.8. The van der Waals surface area contributed by atoms with Gasteiger partial charge in [-0.1, -0.05) is 11.6 Å². The van der Waals surface area contributed by atoms with Crippen LogP contribution in [-0.4, -0.2) is 12.4 Å². The Labute approximate surface area is 101 Å². The van der Waals surface area contributed by atoms with Gasteiger partial charge in [-0.05, 0) is 39.9 Å². The molecule has 1 aromatic rings. The smallest absolute Gasteiger partial charge is 0.197 e. The highest BCUT2D eigenvalue weighted by Gasteiger charge is 2.23. The van der Waals surface area contributed by atoms with Crippen LogP contribution >= 0.6 is 33.3 Å². The van der Waals surface area contributed by atoms with Gasteiger partial charge in [0.2, 0.25) is 0 Å². The number of rotatable bonds is 1. The van der Waals surface area contributed by atoms with Crippen LogP contribution in [0, 0.1) is 0 Å². The van der Waals surface area contributed by atoms with E-state index in [4.69, 9.17) is 27.0 Å². The summed E-state index contributed by atoms with van der Waals surface area (Å²) in [6, 6.07) is 5.25. The first-order valence-corrected chi connectivity index (χ1v) is 6.23. The van der Waals surface area contributed by atoms with Crippen LogP contribution < -0.4 is 4.74 Å². The Morgan fingerprint density at radius 1 is 1.47 bits per heavy atom. The summed E-state index contributed by atoms with van der Waals surface area (Å²) in [4.78, 5) is 12.6. The number of carbonyl (C=O) groups is 1. The fourth-order valence-electron chi connectivity index (χ4n) is 1.34.